The van der Waals surface area contributed by atoms with Gasteiger partial charge in [-0.05, 0) is 0 Å². The van der Waals surface area contributed by atoms with E-state index in [0.717, 1.165) is 12.3 Å². The lowest BCUT2D eigenvalue weighted by atomic mass is 10.4. The van der Waals surface area contributed by atoms with E-state index < -0.39 is 12.1 Å². The number of nitrogens with zero attached hydrogens (tertiary/aromatic N) is 1. The van der Waals surface area contributed by atoms with Crippen LogP contribution in [0.4, 0.5) is 13.2 Å². The Morgan fingerprint density at radius 2 is 2.07 bits per heavy atom. The van der Waals surface area contributed by atoms with Crippen LogP contribution in [0.5, 0.6) is 5.75 Å². The van der Waals surface area contributed by atoms with E-state index in [1.54, 1.807) is 0 Å². The predicted octanol–water partition coefficient (Wildman–Crippen LogP) is 3.37. The molecule has 1 aromatic heterocycles. The summed E-state index contributed by atoms with van der Waals surface area (Å²) >= 11 is 11.0. The molecule has 0 N–H and O–H groups in total. The van der Waals surface area contributed by atoms with Crippen LogP contribution in [0.2, 0.25) is 5.02 Å². The van der Waals surface area contributed by atoms with Gasteiger partial charge in [-0.1, -0.05) is 11.6 Å². The smallest absolute Gasteiger partial charge is 0.404 e. The van der Waals surface area contributed by atoms with E-state index in [0.29, 0.717) is 5.69 Å². The SMILES string of the molecule is FC(F)(F)Oc1cnc(CCl)c(Cl)c1. The zero-order valence-electron chi connectivity index (χ0n) is 6.61. The minimum absolute atomic E-state index is 0.0329. The Morgan fingerprint density at radius 3 is 2.50 bits per heavy atom. The van der Waals surface area contributed by atoms with Crippen LogP contribution in [0, 0.1) is 0 Å². The monoisotopic (exact) mass is 245 g/mol. The molecule has 78 valence electrons. The summed E-state index contributed by atoms with van der Waals surface area (Å²) in [4.78, 5) is 3.59. The predicted molar refractivity (Wildman–Crippen MR) is 45.5 cm³/mol. The van der Waals surface area contributed by atoms with Gasteiger partial charge in [0.05, 0.1) is 22.8 Å². The summed E-state index contributed by atoms with van der Waals surface area (Å²) in [6.07, 6.45) is -3.83. The second-order valence-corrected chi connectivity index (χ2v) is 2.96. The highest BCUT2D eigenvalue weighted by Crippen LogP contribution is 2.26. The highest BCUT2D eigenvalue weighted by molar-refractivity contribution is 6.32. The molecule has 0 aliphatic heterocycles. The maximum atomic E-state index is 11.7. The molecule has 1 aromatic rings. The van der Waals surface area contributed by atoms with E-state index >= 15 is 0 Å². The van der Waals surface area contributed by atoms with Gasteiger partial charge in [0.2, 0.25) is 0 Å². The van der Waals surface area contributed by atoms with Crippen molar-refractivity contribution < 1.29 is 17.9 Å². The van der Waals surface area contributed by atoms with Crippen LogP contribution >= 0.6 is 23.2 Å². The van der Waals surface area contributed by atoms with Crippen molar-refractivity contribution in [1.29, 1.82) is 0 Å². The minimum atomic E-state index is -4.74. The molecule has 0 atom stereocenters. The number of ether oxygens (including phenoxy) is 1. The van der Waals surface area contributed by atoms with Crippen molar-refractivity contribution in [2.45, 2.75) is 12.2 Å². The second kappa shape index (κ2) is 4.23. The topological polar surface area (TPSA) is 22.1 Å². The summed E-state index contributed by atoms with van der Waals surface area (Å²) in [5.74, 6) is -0.429. The lowest BCUT2D eigenvalue weighted by Crippen LogP contribution is -2.17. The number of hydrogen-bond acceptors (Lipinski definition) is 2. The maximum absolute atomic E-state index is 11.7. The van der Waals surface area contributed by atoms with Crippen molar-refractivity contribution in [3.63, 3.8) is 0 Å². The number of alkyl halides is 4. The zero-order valence-corrected chi connectivity index (χ0v) is 8.12. The van der Waals surface area contributed by atoms with Gasteiger partial charge in [-0.15, -0.1) is 24.8 Å². The molecule has 0 bridgehead atoms. The van der Waals surface area contributed by atoms with E-state index in [1.165, 1.54) is 0 Å². The molecule has 0 radical (unpaired) electrons. The molecule has 0 saturated carbocycles. The van der Waals surface area contributed by atoms with Gasteiger partial charge in [-0.3, -0.25) is 4.98 Å². The van der Waals surface area contributed by atoms with Gasteiger partial charge in [0.1, 0.15) is 5.75 Å². The highest BCUT2D eigenvalue weighted by Gasteiger charge is 2.31. The summed E-state index contributed by atoms with van der Waals surface area (Å²) in [7, 11) is 0. The largest absolute Gasteiger partial charge is 0.573 e. The summed E-state index contributed by atoms with van der Waals surface area (Å²) in [6, 6.07) is 1.01. The first-order chi connectivity index (χ1) is 6.42. The molecule has 1 rings (SSSR count). The Hall–Kier alpha value is -0.680. The molecule has 7 heteroatoms. The van der Waals surface area contributed by atoms with Crippen LogP contribution in [0.3, 0.4) is 0 Å². The van der Waals surface area contributed by atoms with Crippen molar-refractivity contribution in [2.24, 2.45) is 0 Å². The van der Waals surface area contributed by atoms with Gasteiger partial charge in [-0.2, -0.15) is 0 Å². The first-order valence-electron chi connectivity index (χ1n) is 3.38. The van der Waals surface area contributed by atoms with Crippen molar-refractivity contribution in [3.8, 4) is 5.75 Å². The fraction of sp³-hybridized carbons (Fsp3) is 0.286. The Bertz CT molecular complexity index is 329. The second-order valence-electron chi connectivity index (χ2n) is 2.28. The summed E-state index contributed by atoms with van der Waals surface area (Å²) in [5.41, 5.74) is 0.308. The van der Waals surface area contributed by atoms with Gasteiger partial charge in [-0.25, -0.2) is 0 Å². The van der Waals surface area contributed by atoms with E-state index in [4.69, 9.17) is 23.2 Å². The number of pyridine rings is 1. The molecule has 1 heterocycles. The van der Waals surface area contributed by atoms with Crippen LogP contribution in [0.15, 0.2) is 12.3 Å². The lowest BCUT2D eigenvalue weighted by Gasteiger charge is -2.09. The molecule has 0 fully saturated rings. The maximum Gasteiger partial charge on any atom is 0.573 e. The molecular formula is C7H4Cl2F3NO. The van der Waals surface area contributed by atoms with Crippen molar-refractivity contribution in [3.05, 3.63) is 23.0 Å². The molecular weight excluding hydrogens is 242 g/mol. The molecule has 0 spiro atoms. The summed E-state index contributed by atoms with van der Waals surface area (Å²) in [6.45, 7) is 0. The number of rotatable bonds is 2. The number of aromatic nitrogens is 1. The summed E-state index contributed by atoms with van der Waals surface area (Å²) in [5, 5.41) is 0.0433. The number of hydrogen-bond donors (Lipinski definition) is 0. The van der Waals surface area contributed by atoms with E-state index in [9.17, 15) is 13.2 Å². The van der Waals surface area contributed by atoms with Crippen LogP contribution in [0.1, 0.15) is 5.69 Å². The third kappa shape index (κ3) is 3.23. The molecule has 0 amide bonds. The van der Waals surface area contributed by atoms with Gasteiger partial charge in [0.25, 0.3) is 0 Å². The normalized spacial score (nSPS) is 11.5. The number of halogens is 5. The standard InChI is InChI=1S/C7H4Cl2F3NO/c8-2-6-5(9)1-4(3-13-6)14-7(10,11)12/h1,3H,2H2. The van der Waals surface area contributed by atoms with Crippen LogP contribution in [-0.4, -0.2) is 11.3 Å². The molecule has 0 unspecified atom stereocenters. The molecule has 14 heavy (non-hydrogen) atoms. The van der Waals surface area contributed by atoms with E-state index in [-0.39, 0.29) is 10.9 Å². The van der Waals surface area contributed by atoms with E-state index in [1.807, 2.05) is 0 Å². The first-order valence-corrected chi connectivity index (χ1v) is 4.30. The van der Waals surface area contributed by atoms with Crippen molar-refractivity contribution in [2.75, 3.05) is 0 Å². The van der Waals surface area contributed by atoms with E-state index in [2.05, 4.69) is 9.72 Å². The quantitative estimate of drug-likeness (QED) is 0.746. The molecule has 0 aromatic carbocycles. The van der Waals surface area contributed by atoms with Crippen LogP contribution in [-0.2, 0) is 5.88 Å². The molecule has 2 nitrogen and oxygen atoms in total. The Labute approximate surface area is 87.6 Å². The third-order valence-electron chi connectivity index (χ3n) is 1.25. The minimum Gasteiger partial charge on any atom is -0.404 e. The highest BCUT2D eigenvalue weighted by atomic mass is 35.5. The lowest BCUT2D eigenvalue weighted by molar-refractivity contribution is -0.274. The van der Waals surface area contributed by atoms with Crippen molar-refractivity contribution in [1.82, 2.24) is 4.98 Å². The Balaban J connectivity index is 2.87. The average molecular weight is 246 g/mol. The van der Waals surface area contributed by atoms with Gasteiger partial charge in [0.15, 0.2) is 0 Å². The van der Waals surface area contributed by atoms with Crippen LogP contribution in [0.25, 0.3) is 0 Å². The van der Waals surface area contributed by atoms with Gasteiger partial charge in [0, 0.05) is 6.07 Å². The Morgan fingerprint density at radius 1 is 1.43 bits per heavy atom. The van der Waals surface area contributed by atoms with Crippen molar-refractivity contribution >= 4 is 23.2 Å². The summed E-state index contributed by atoms with van der Waals surface area (Å²) < 4.78 is 38.8. The molecule has 0 saturated heterocycles. The van der Waals surface area contributed by atoms with Gasteiger partial charge < -0.3 is 4.74 Å². The first kappa shape index (κ1) is 11.4. The fourth-order valence-electron chi connectivity index (χ4n) is 0.736. The third-order valence-corrected chi connectivity index (χ3v) is 1.83. The van der Waals surface area contributed by atoms with Gasteiger partial charge >= 0.3 is 6.36 Å². The fourth-order valence-corrected chi connectivity index (χ4v) is 1.24. The molecule has 0 aliphatic rings. The molecule has 0 aliphatic carbocycles. The Kier molecular flexibility index (Phi) is 3.44. The average Bonchev–Trinajstić information content (AvgIpc) is 2.01. The van der Waals surface area contributed by atoms with Crippen LogP contribution < -0.4 is 4.74 Å². The zero-order chi connectivity index (χ0) is 10.8.